The van der Waals surface area contributed by atoms with Crippen molar-refractivity contribution >= 4 is 5.78 Å². The summed E-state index contributed by atoms with van der Waals surface area (Å²) in [6.45, 7) is 0. The van der Waals surface area contributed by atoms with Gasteiger partial charge in [-0.25, -0.2) is 0 Å². The molecule has 3 atom stereocenters. The van der Waals surface area contributed by atoms with Crippen LogP contribution in [0, 0.1) is 17.8 Å². The average Bonchev–Trinajstić information content (AvgIpc) is 3.00. The Hall–Kier alpha value is -1.18. The van der Waals surface area contributed by atoms with Gasteiger partial charge in [0.1, 0.15) is 5.78 Å². The average molecular weight is 243 g/mol. The van der Waals surface area contributed by atoms with Gasteiger partial charge in [0, 0.05) is 25.2 Å². The number of hydrogen-bond acceptors (Lipinski definition) is 2. The summed E-state index contributed by atoms with van der Waals surface area (Å²) < 4.78 is 0. The first kappa shape index (κ1) is 11.9. The summed E-state index contributed by atoms with van der Waals surface area (Å²) in [6.07, 6.45) is 11.6. The van der Waals surface area contributed by atoms with Crippen LogP contribution in [0.1, 0.15) is 44.1 Å². The van der Waals surface area contributed by atoms with Gasteiger partial charge in [0.15, 0.2) is 0 Å². The lowest BCUT2D eigenvalue weighted by molar-refractivity contribution is -0.120. The van der Waals surface area contributed by atoms with Gasteiger partial charge in [0.2, 0.25) is 0 Å². The largest absolute Gasteiger partial charge is 0.300 e. The van der Waals surface area contributed by atoms with Crippen LogP contribution >= 0.6 is 0 Å². The Morgan fingerprint density at radius 3 is 2.72 bits per heavy atom. The van der Waals surface area contributed by atoms with Crippen LogP contribution in [0.15, 0.2) is 24.5 Å². The molecule has 1 aromatic rings. The third-order valence-corrected chi connectivity index (χ3v) is 4.82. The summed E-state index contributed by atoms with van der Waals surface area (Å²) in [5, 5.41) is 0. The molecule has 0 saturated heterocycles. The maximum absolute atomic E-state index is 12.0. The molecule has 2 saturated carbocycles. The molecule has 0 aromatic carbocycles. The highest BCUT2D eigenvalue weighted by molar-refractivity contribution is 5.79. The molecule has 3 unspecified atom stereocenters. The standard InChI is InChI=1S/C16H21NO/c18-16(4-2-12-5-7-17-8-6-12)11-15-10-13-1-3-14(15)9-13/h5-8,13-15H,1-4,9-11H2. The zero-order valence-electron chi connectivity index (χ0n) is 10.8. The summed E-state index contributed by atoms with van der Waals surface area (Å²) in [6, 6.07) is 4.01. The second kappa shape index (κ2) is 5.21. The Kier molecular flexibility index (Phi) is 3.44. The highest BCUT2D eigenvalue weighted by Crippen LogP contribution is 2.49. The predicted molar refractivity (Wildman–Crippen MR) is 71.1 cm³/mol. The molecule has 2 aliphatic rings. The molecule has 2 fully saturated rings. The van der Waals surface area contributed by atoms with E-state index in [1.54, 1.807) is 12.4 Å². The van der Waals surface area contributed by atoms with Crippen LogP contribution in [0.25, 0.3) is 0 Å². The Morgan fingerprint density at radius 2 is 2.06 bits per heavy atom. The number of carbonyl (C=O) groups is 1. The first-order valence-electron chi connectivity index (χ1n) is 7.22. The van der Waals surface area contributed by atoms with Crippen LogP contribution in [0.4, 0.5) is 0 Å². The quantitative estimate of drug-likeness (QED) is 0.793. The van der Waals surface area contributed by atoms with E-state index in [4.69, 9.17) is 0 Å². The van der Waals surface area contributed by atoms with Crippen molar-refractivity contribution in [2.75, 3.05) is 0 Å². The van der Waals surface area contributed by atoms with Crippen LogP contribution in [0.2, 0.25) is 0 Å². The minimum Gasteiger partial charge on any atom is -0.300 e. The summed E-state index contributed by atoms with van der Waals surface area (Å²) >= 11 is 0. The van der Waals surface area contributed by atoms with Crippen molar-refractivity contribution in [3.05, 3.63) is 30.1 Å². The molecule has 3 rings (SSSR count). The number of rotatable bonds is 5. The topological polar surface area (TPSA) is 30.0 Å². The van der Waals surface area contributed by atoms with E-state index in [0.29, 0.717) is 18.1 Å². The van der Waals surface area contributed by atoms with E-state index in [2.05, 4.69) is 4.98 Å². The smallest absolute Gasteiger partial charge is 0.133 e. The maximum atomic E-state index is 12.0. The Morgan fingerprint density at radius 1 is 1.22 bits per heavy atom. The number of aryl methyl sites for hydroxylation is 1. The Labute approximate surface area is 109 Å². The molecule has 96 valence electrons. The summed E-state index contributed by atoms with van der Waals surface area (Å²) in [5.41, 5.74) is 1.23. The third kappa shape index (κ3) is 2.63. The molecule has 0 spiro atoms. The van der Waals surface area contributed by atoms with Crippen molar-refractivity contribution in [2.24, 2.45) is 17.8 Å². The van der Waals surface area contributed by atoms with E-state index in [1.807, 2.05) is 12.1 Å². The number of hydrogen-bond donors (Lipinski definition) is 0. The molecule has 0 aliphatic heterocycles. The normalized spacial score (nSPS) is 29.7. The molecule has 18 heavy (non-hydrogen) atoms. The lowest BCUT2D eigenvalue weighted by Gasteiger charge is -2.20. The number of ketones is 1. The van der Waals surface area contributed by atoms with Gasteiger partial charge in [-0.05, 0) is 61.1 Å². The van der Waals surface area contributed by atoms with Crippen LogP contribution in [0.5, 0.6) is 0 Å². The Balaban J connectivity index is 1.45. The number of aromatic nitrogens is 1. The van der Waals surface area contributed by atoms with Gasteiger partial charge in [0.25, 0.3) is 0 Å². The van der Waals surface area contributed by atoms with E-state index >= 15 is 0 Å². The second-order valence-electron chi connectivity index (χ2n) is 6.03. The molecule has 0 N–H and O–H groups in total. The maximum Gasteiger partial charge on any atom is 0.133 e. The van der Waals surface area contributed by atoms with Crippen LogP contribution in [-0.4, -0.2) is 10.8 Å². The van der Waals surface area contributed by atoms with Crippen molar-refractivity contribution in [3.63, 3.8) is 0 Å². The number of carbonyl (C=O) groups excluding carboxylic acids is 1. The van der Waals surface area contributed by atoms with Crippen molar-refractivity contribution in [1.82, 2.24) is 4.98 Å². The number of pyridine rings is 1. The van der Waals surface area contributed by atoms with Crippen molar-refractivity contribution < 1.29 is 4.79 Å². The van der Waals surface area contributed by atoms with E-state index in [0.717, 1.165) is 24.7 Å². The summed E-state index contributed by atoms with van der Waals surface area (Å²) in [7, 11) is 0. The van der Waals surface area contributed by atoms with E-state index in [9.17, 15) is 4.79 Å². The van der Waals surface area contributed by atoms with Crippen LogP contribution in [0.3, 0.4) is 0 Å². The van der Waals surface area contributed by atoms with Crippen molar-refractivity contribution in [1.29, 1.82) is 0 Å². The SMILES string of the molecule is O=C(CCc1ccncc1)CC1CC2CCC1C2. The van der Waals surface area contributed by atoms with Gasteiger partial charge in [-0.3, -0.25) is 9.78 Å². The zero-order valence-corrected chi connectivity index (χ0v) is 10.8. The Bertz CT molecular complexity index is 414. The fourth-order valence-corrected chi connectivity index (χ4v) is 3.85. The molecule has 2 aliphatic carbocycles. The fourth-order valence-electron chi connectivity index (χ4n) is 3.85. The molecule has 1 aromatic heterocycles. The van der Waals surface area contributed by atoms with E-state index < -0.39 is 0 Å². The first-order chi connectivity index (χ1) is 8.81. The molecular weight excluding hydrogens is 222 g/mol. The lowest BCUT2D eigenvalue weighted by atomic mass is 9.84. The molecule has 0 radical (unpaired) electrons. The monoisotopic (exact) mass is 243 g/mol. The van der Waals surface area contributed by atoms with Gasteiger partial charge in [-0.1, -0.05) is 6.42 Å². The predicted octanol–water partition coefficient (Wildman–Crippen LogP) is 3.41. The molecule has 1 heterocycles. The summed E-state index contributed by atoms with van der Waals surface area (Å²) in [5.74, 6) is 3.01. The summed E-state index contributed by atoms with van der Waals surface area (Å²) in [4.78, 5) is 16.0. The van der Waals surface area contributed by atoms with Crippen molar-refractivity contribution in [3.8, 4) is 0 Å². The van der Waals surface area contributed by atoms with Gasteiger partial charge >= 0.3 is 0 Å². The van der Waals surface area contributed by atoms with Gasteiger partial charge in [-0.2, -0.15) is 0 Å². The number of Topliss-reactive ketones (excluding diaryl/α,β-unsaturated/α-hetero) is 1. The van der Waals surface area contributed by atoms with Crippen LogP contribution in [-0.2, 0) is 11.2 Å². The first-order valence-corrected chi connectivity index (χ1v) is 7.22. The second-order valence-corrected chi connectivity index (χ2v) is 6.03. The zero-order chi connectivity index (χ0) is 12.4. The van der Waals surface area contributed by atoms with Gasteiger partial charge < -0.3 is 0 Å². The molecule has 2 nitrogen and oxygen atoms in total. The van der Waals surface area contributed by atoms with E-state index in [-0.39, 0.29) is 0 Å². The molecule has 2 heteroatoms. The van der Waals surface area contributed by atoms with Gasteiger partial charge in [-0.15, -0.1) is 0 Å². The number of fused-ring (bicyclic) bond motifs is 2. The fraction of sp³-hybridized carbons (Fsp3) is 0.625. The van der Waals surface area contributed by atoms with Crippen molar-refractivity contribution in [2.45, 2.75) is 44.9 Å². The number of nitrogens with zero attached hydrogens (tertiary/aromatic N) is 1. The highest BCUT2D eigenvalue weighted by atomic mass is 16.1. The molecule has 2 bridgehead atoms. The molecule has 0 amide bonds. The van der Waals surface area contributed by atoms with E-state index in [1.165, 1.54) is 31.2 Å². The minimum absolute atomic E-state index is 0.462. The lowest BCUT2D eigenvalue weighted by Crippen LogP contribution is -2.15. The minimum atomic E-state index is 0.462. The third-order valence-electron chi connectivity index (χ3n) is 4.82. The van der Waals surface area contributed by atoms with Crippen LogP contribution < -0.4 is 0 Å². The highest BCUT2D eigenvalue weighted by Gasteiger charge is 2.39. The van der Waals surface area contributed by atoms with Gasteiger partial charge in [0.05, 0.1) is 0 Å². The molecular formula is C16H21NO.